The van der Waals surface area contributed by atoms with Gasteiger partial charge in [-0.25, -0.2) is 9.18 Å². The molecule has 4 rings (SSSR count). The first-order chi connectivity index (χ1) is 16.0. The van der Waals surface area contributed by atoms with Gasteiger partial charge in [-0.15, -0.1) is 0 Å². The number of ether oxygens (including phenoxy) is 1. The number of hydrogen-bond acceptors (Lipinski definition) is 3. The first-order valence-corrected chi connectivity index (χ1v) is 11.6. The minimum atomic E-state index is -0.340. The van der Waals surface area contributed by atoms with Gasteiger partial charge in [0.1, 0.15) is 5.82 Å². The normalized spacial score (nSPS) is 15.0. The van der Waals surface area contributed by atoms with Crippen LogP contribution in [0.15, 0.2) is 48.7 Å². The Bertz CT molecular complexity index is 1130. The van der Waals surface area contributed by atoms with Crippen molar-refractivity contribution in [1.82, 2.24) is 14.8 Å². The summed E-state index contributed by atoms with van der Waals surface area (Å²) in [5.74, 6) is -0.604. The predicted molar refractivity (Wildman–Crippen MR) is 126 cm³/mol. The van der Waals surface area contributed by atoms with Crippen LogP contribution in [0.1, 0.15) is 42.9 Å². The average Bonchev–Trinajstić information content (AvgIpc) is 3.26. The van der Waals surface area contributed by atoms with Crippen molar-refractivity contribution in [3.05, 3.63) is 71.2 Å². The molecule has 0 radical (unpaired) electrons. The largest absolute Gasteiger partial charge is 0.450 e. The lowest BCUT2D eigenvalue weighted by molar-refractivity contribution is -0.133. The quantitative estimate of drug-likeness (QED) is 0.591. The second-order valence-corrected chi connectivity index (χ2v) is 8.32. The number of hydrogen-bond donors (Lipinski definition) is 1. The highest BCUT2D eigenvalue weighted by atomic mass is 19.1. The lowest BCUT2D eigenvalue weighted by Crippen LogP contribution is -2.50. The molecule has 1 fully saturated rings. The van der Waals surface area contributed by atoms with Gasteiger partial charge in [0.15, 0.2) is 0 Å². The number of carbonyl (C=O) groups is 2. The molecule has 2 heterocycles. The number of benzene rings is 2. The number of nitrogens with one attached hydrogen (secondary N) is 1. The minimum Gasteiger partial charge on any atom is -0.450 e. The Morgan fingerprint density at radius 1 is 1.06 bits per heavy atom. The summed E-state index contributed by atoms with van der Waals surface area (Å²) in [4.78, 5) is 32.1. The maximum atomic E-state index is 14.1. The van der Waals surface area contributed by atoms with Crippen LogP contribution < -0.4 is 0 Å². The Morgan fingerprint density at radius 2 is 1.79 bits per heavy atom. The predicted octanol–water partition coefficient (Wildman–Crippen LogP) is 4.69. The molecule has 174 valence electrons. The van der Waals surface area contributed by atoms with Crippen LogP contribution in [0, 0.1) is 5.82 Å². The van der Waals surface area contributed by atoms with Crippen LogP contribution in [0.2, 0.25) is 0 Å². The maximum Gasteiger partial charge on any atom is 0.409 e. The molecule has 33 heavy (non-hydrogen) atoms. The van der Waals surface area contributed by atoms with E-state index in [0.29, 0.717) is 32.8 Å². The number of piperazine rings is 1. The van der Waals surface area contributed by atoms with E-state index in [1.165, 1.54) is 17.7 Å². The third-order valence-corrected chi connectivity index (χ3v) is 6.38. The molecule has 0 unspecified atom stereocenters. The number of carbonyl (C=O) groups excluding carboxylic acids is 2. The number of amides is 2. The zero-order valence-electron chi connectivity index (χ0n) is 19.1. The first kappa shape index (κ1) is 22.8. The van der Waals surface area contributed by atoms with Gasteiger partial charge in [0.05, 0.1) is 6.61 Å². The third-order valence-electron chi connectivity index (χ3n) is 6.38. The number of nitrogens with zero attached hydrogens (tertiary/aromatic N) is 2. The summed E-state index contributed by atoms with van der Waals surface area (Å²) in [6, 6.07) is 12.7. The number of fused-ring (bicyclic) bond motifs is 1. The van der Waals surface area contributed by atoms with E-state index in [1.54, 1.807) is 22.8 Å². The summed E-state index contributed by atoms with van der Waals surface area (Å²) < 4.78 is 19.2. The van der Waals surface area contributed by atoms with Crippen LogP contribution in [0.3, 0.4) is 0 Å². The molecule has 6 nitrogen and oxygen atoms in total. The van der Waals surface area contributed by atoms with E-state index in [4.69, 9.17) is 4.74 Å². The van der Waals surface area contributed by atoms with Crippen molar-refractivity contribution in [3.63, 3.8) is 0 Å². The van der Waals surface area contributed by atoms with E-state index < -0.39 is 0 Å². The fourth-order valence-corrected chi connectivity index (χ4v) is 4.61. The van der Waals surface area contributed by atoms with Crippen molar-refractivity contribution in [3.8, 4) is 0 Å². The van der Waals surface area contributed by atoms with E-state index >= 15 is 0 Å². The fraction of sp³-hybridized carbons (Fsp3) is 0.385. The summed E-state index contributed by atoms with van der Waals surface area (Å²) in [6.07, 6.45) is 2.73. The number of aromatic amines is 1. The lowest BCUT2D eigenvalue weighted by atomic mass is 9.87. The molecule has 2 amide bonds. The van der Waals surface area contributed by atoms with Gasteiger partial charge < -0.3 is 19.5 Å². The molecule has 2 aromatic carbocycles. The molecule has 1 N–H and O–H groups in total. The number of halogens is 1. The maximum absolute atomic E-state index is 14.1. The van der Waals surface area contributed by atoms with Gasteiger partial charge in [0, 0.05) is 55.6 Å². The molecule has 0 saturated carbocycles. The van der Waals surface area contributed by atoms with Crippen molar-refractivity contribution in [2.24, 2.45) is 0 Å². The van der Waals surface area contributed by atoms with E-state index in [0.717, 1.165) is 28.5 Å². The lowest BCUT2D eigenvalue weighted by Gasteiger charge is -2.34. The van der Waals surface area contributed by atoms with Gasteiger partial charge in [-0.1, -0.05) is 37.3 Å². The average molecular weight is 452 g/mol. The monoisotopic (exact) mass is 451 g/mol. The van der Waals surface area contributed by atoms with Gasteiger partial charge in [-0.05, 0) is 42.2 Å². The number of para-hydroxylation sites is 1. The molecule has 1 atom stereocenters. The highest BCUT2D eigenvalue weighted by molar-refractivity contribution is 5.88. The summed E-state index contributed by atoms with van der Waals surface area (Å²) in [5, 5.41) is 1.06. The summed E-state index contributed by atoms with van der Waals surface area (Å²) in [7, 11) is 0. The smallest absolute Gasteiger partial charge is 0.409 e. The van der Waals surface area contributed by atoms with E-state index in [-0.39, 0.29) is 30.2 Å². The molecule has 0 spiro atoms. The highest BCUT2D eigenvalue weighted by Crippen LogP contribution is 2.35. The van der Waals surface area contributed by atoms with Crippen LogP contribution in [0.5, 0.6) is 0 Å². The van der Waals surface area contributed by atoms with Gasteiger partial charge in [0.25, 0.3) is 0 Å². The Morgan fingerprint density at radius 3 is 2.48 bits per heavy atom. The van der Waals surface area contributed by atoms with E-state index in [1.807, 2.05) is 18.3 Å². The number of rotatable bonds is 6. The van der Waals surface area contributed by atoms with Crippen LogP contribution in [-0.4, -0.2) is 59.6 Å². The van der Waals surface area contributed by atoms with Crippen molar-refractivity contribution < 1.29 is 18.7 Å². The van der Waals surface area contributed by atoms with E-state index in [2.05, 4.69) is 24.0 Å². The molecule has 0 bridgehead atoms. The second kappa shape index (κ2) is 10.1. The van der Waals surface area contributed by atoms with Crippen molar-refractivity contribution in [1.29, 1.82) is 0 Å². The fourth-order valence-electron chi connectivity index (χ4n) is 4.61. The Balaban J connectivity index is 1.59. The highest BCUT2D eigenvalue weighted by Gasteiger charge is 2.28. The molecule has 0 aliphatic carbocycles. The summed E-state index contributed by atoms with van der Waals surface area (Å²) in [6.45, 7) is 6.03. The van der Waals surface area contributed by atoms with Crippen LogP contribution in [-0.2, 0) is 16.0 Å². The van der Waals surface area contributed by atoms with Gasteiger partial charge in [-0.2, -0.15) is 0 Å². The molecule has 3 aromatic rings. The number of H-pyrrole nitrogens is 1. The van der Waals surface area contributed by atoms with Crippen LogP contribution in [0.25, 0.3) is 10.9 Å². The Kier molecular flexibility index (Phi) is 6.96. The summed E-state index contributed by atoms with van der Waals surface area (Å²) in [5.41, 5.74) is 4.03. The first-order valence-electron chi connectivity index (χ1n) is 11.6. The Hall–Kier alpha value is -3.35. The van der Waals surface area contributed by atoms with Crippen LogP contribution >= 0.6 is 0 Å². The standard InChI is InChI=1S/C26H30FN3O3/c1-3-18-7-6-10-21-23(17-28-25(18)21)22(19-8-5-9-20(27)15-19)16-24(31)29-11-13-30(14-12-29)26(32)33-4-2/h5-10,15,17,22,28H,3-4,11-14,16H2,1-2H3/t22-/m0/s1. The van der Waals surface area contributed by atoms with Crippen molar-refractivity contribution >= 4 is 22.9 Å². The molecule has 1 aromatic heterocycles. The molecular weight excluding hydrogens is 421 g/mol. The number of aryl methyl sites for hydroxylation is 1. The van der Waals surface area contributed by atoms with E-state index in [9.17, 15) is 14.0 Å². The topological polar surface area (TPSA) is 65.6 Å². The molecule has 7 heteroatoms. The second-order valence-electron chi connectivity index (χ2n) is 8.32. The van der Waals surface area contributed by atoms with Crippen molar-refractivity contribution in [2.75, 3.05) is 32.8 Å². The van der Waals surface area contributed by atoms with Gasteiger partial charge in [-0.3, -0.25) is 4.79 Å². The SMILES string of the molecule is CCOC(=O)N1CCN(C(=O)C[C@@H](c2cccc(F)c2)c2c[nH]c3c(CC)cccc23)CC1. The molecule has 1 saturated heterocycles. The summed E-state index contributed by atoms with van der Waals surface area (Å²) >= 11 is 0. The van der Waals surface area contributed by atoms with Crippen LogP contribution in [0.4, 0.5) is 9.18 Å². The van der Waals surface area contributed by atoms with Gasteiger partial charge in [0.2, 0.25) is 5.91 Å². The third kappa shape index (κ3) is 4.87. The number of aromatic nitrogens is 1. The van der Waals surface area contributed by atoms with Crippen molar-refractivity contribution in [2.45, 2.75) is 32.6 Å². The zero-order valence-corrected chi connectivity index (χ0v) is 19.1. The molecular formula is C26H30FN3O3. The Labute approximate surface area is 193 Å². The zero-order chi connectivity index (χ0) is 23.4. The molecule has 1 aliphatic heterocycles. The minimum absolute atomic E-state index is 0.00577. The van der Waals surface area contributed by atoms with Gasteiger partial charge >= 0.3 is 6.09 Å². The molecule has 1 aliphatic rings.